The fraction of sp³-hybridized carbons (Fsp3) is 0.167. The zero-order chi connectivity index (χ0) is 18.2. The number of amides is 1. The second-order valence-corrected chi connectivity index (χ2v) is 6.12. The maximum Gasteiger partial charge on any atom is 0.277 e. The van der Waals surface area contributed by atoms with Crippen LogP contribution in [0.5, 0.6) is 0 Å². The molecule has 0 bridgehead atoms. The highest BCUT2D eigenvalue weighted by Crippen LogP contribution is 2.23. The van der Waals surface area contributed by atoms with Crippen LogP contribution in [0.1, 0.15) is 6.42 Å². The van der Waals surface area contributed by atoms with Gasteiger partial charge in [0, 0.05) is 24.6 Å². The predicted molar refractivity (Wildman–Crippen MR) is 97.3 cm³/mol. The van der Waals surface area contributed by atoms with Crippen LogP contribution in [-0.2, 0) is 4.79 Å². The predicted octanol–water partition coefficient (Wildman–Crippen LogP) is 3.17. The molecule has 0 N–H and O–H groups in total. The van der Waals surface area contributed by atoms with Crippen molar-refractivity contribution in [1.29, 1.82) is 5.26 Å². The van der Waals surface area contributed by atoms with E-state index in [0.29, 0.717) is 17.7 Å². The Bertz CT molecular complexity index is 893. The monoisotopic (exact) mass is 365 g/mol. The van der Waals surface area contributed by atoms with E-state index in [1.807, 2.05) is 36.4 Å². The number of benzene rings is 1. The number of nitrogens with zero attached hydrogens (tertiary/aromatic N) is 5. The lowest BCUT2D eigenvalue weighted by atomic mass is 10.2. The lowest BCUT2D eigenvalue weighted by Crippen LogP contribution is -2.33. The minimum Gasteiger partial charge on any atom is -0.411 e. The van der Waals surface area contributed by atoms with E-state index in [-0.39, 0.29) is 18.1 Å². The van der Waals surface area contributed by atoms with Crippen LogP contribution in [0, 0.1) is 11.3 Å². The van der Waals surface area contributed by atoms with Gasteiger partial charge in [-0.25, -0.2) is 0 Å². The number of rotatable bonds is 7. The van der Waals surface area contributed by atoms with Crippen molar-refractivity contribution in [2.24, 2.45) is 0 Å². The maximum absolute atomic E-state index is 12.6. The van der Waals surface area contributed by atoms with Gasteiger partial charge in [0.25, 0.3) is 5.22 Å². The molecular formula is C18H15N5O2S. The van der Waals surface area contributed by atoms with Crippen molar-refractivity contribution < 1.29 is 9.21 Å². The Balaban J connectivity index is 1.65. The van der Waals surface area contributed by atoms with Gasteiger partial charge in [-0.2, -0.15) is 5.26 Å². The Morgan fingerprint density at radius 2 is 2.04 bits per heavy atom. The number of carbonyl (C=O) groups is 1. The summed E-state index contributed by atoms with van der Waals surface area (Å²) in [5.74, 6) is 0.365. The second-order valence-electron chi connectivity index (χ2n) is 5.19. The molecule has 2 aromatic heterocycles. The number of para-hydroxylation sites is 1. The molecule has 1 aromatic carbocycles. The molecular weight excluding hydrogens is 350 g/mol. The summed E-state index contributed by atoms with van der Waals surface area (Å²) in [6, 6.07) is 14.9. The lowest BCUT2D eigenvalue weighted by Gasteiger charge is -2.21. The largest absolute Gasteiger partial charge is 0.411 e. The van der Waals surface area contributed by atoms with Gasteiger partial charge in [0.1, 0.15) is 0 Å². The normalized spacial score (nSPS) is 10.3. The first kappa shape index (κ1) is 17.6. The standard InChI is InChI=1S/C18H15N5O2S/c19-9-5-11-23(15-7-2-1-3-8-15)16(24)13-26-18-22-21-17(25-18)14-6-4-10-20-12-14/h1-4,6-8,10,12H,5,11,13H2. The van der Waals surface area contributed by atoms with E-state index < -0.39 is 0 Å². The van der Waals surface area contributed by atoms with Crippen LogP contribution in [-0.4, -0.2) is 33.4 Å². The molecule has 3 rings (SSSR count). The highest BCUT2D eigenvalue weighted by molar-refractivity contribution is 7.99. The van der Waals surface area contributed by atoms with E-state index in [0.717, 1.165) is 11.3 Å². The van der Waals surface area contributed by atoms with Crippen molar-refractivity contribution in [3.8, 4) is 17.5 Å². The summed E-state index contributed by atoms with van der Waals surface area (Å²) in [6.07, 6.45) is 3.55. The number of anilines is 1. The Morgan fingerprint density at radius 1 is 1.19 bits per heavy atom. The quantitative estimate of drug-likeness (QED) is 0.593. The molecule has 3 aromatic rings. The van der Waals surface area contributed by atoms with E-state index in [1.165, 1.54) is 11.8 Å². The second kappa shape index (κ2) is 8.78. The van der Waals surface area contributed by atoms with Gasteiger partial charge in [-0.05, 0) is 24.3 Å². The number of nitriles is 1. The number of carbonyl (C=O) groups excluding carboxylic acids is 1. The highest BCUT2D eigenvalue weighted by Gasteiger charge is 2.17. The zero-order valence-corrected chi connectivity index (χ0v) is 14.6. The molecule has 8 heteroatoms. The van der Waals surface area contributed by atoms with Gasteiger partial charge in [-0.3, -0.25) is 9.78 Å². The third-order valence-corrected chi connectivity index (χ3v) is 4.25. The van der Waals surface area contributed by atoms with Gasteiger partial charge < -0.3 is 9.32 Å². The topological polar surface area (TPSA) is 95.9 Å². The summed E-state index contributed by atoms with van der Waals surface area (Å²) in [4.78, 5) is 18.2. The maximum atomic E-state index is 12.6. The first-order valence-corrected chi connectivity index (χ1v) is 8.85. The molecule has 130 valence electrons. The molecule has 0 saturated carbocycles. The van der Waals surface area contributed by atoms with Crippen LogP contribution in [0.2, 0.25) is 0 Å². The smallest absolute Gasteiger partial charge is 0.277 e. The van der Waals surface area contributed by atoms with E-state index in [2.05, 4.69) is 21.3 Å². The third-order valence-electron chi connectivity index (χ3n) is 3.45. The van der Waals surface area contributed by atoms with Crippen molar-refractivity contribution in [3.63, 3.8) is 0 Å². The fourth-order valence-corrected chi connectivity index (χ4v) is 2.88. The third kappa shape index (κ3) is 4.46. The number of hydrogen-bond donors (Lipinski definition) is 0. The average Bonchev–Trinajstić information content (AvgIpc) is 3.17. The first-order chi connectivity index (χ1) is 12.8. The summed E-state index contributed by atoms with van der Waals surface area (Å²) < 4.78 is 5.56. The van der Waals surface area contributed by atoms with Gasteiger partial charge in [-0.1, -0.05) is 30.0 Å². The first-order valence-electron chi connectivity index (χ1n) is 7.87. The molecule has 0 spiro atoms. The summed E-state index contributed by atoms with van der Waals surface area (Å²) in [5.41, 5.74) is 1.48. The molecule has 7 nitrogen and oxygen atoms in total. The van der Waals surface area contributed by atoms with Gasteiger partial charge in [0.2, 0.25) is 11.8 Å². The van der Waals surface area contributed by atoms with Crippen molar-refractivity contribution in [1.82, 2.24) is 15.2 Å². The minimum absolute atomic E-state index is 0.127. The molecule has 0 atom stereocenters. The van der Waals surface area contributed by atoms with E-state index in [9.17, 15) is 4.79 Å². The van der Waals surface area contributed by atoms with E-state index >= 15 is 0 Å². The van der Waals surface area contributed by atoms with Crippen LogP contribution in [0.15, 0.2) is 64.5 Å². The van der Waals surface area contributed by atoms with Gasteiger partial charge in [0.15, 0.2) is 0 Å². The van der Waals surface area contributed by atoms with Crippen molar-refractivity contribution in [2.45, 2.75) is 11.6 Å². The molecule has 0 aliphatic rings. The SMILES string of the molecule is N#CCCN(C(=O)CSc1nnc(-c2cccnc2)o1)c1ccccc1. The van der Waals surface area contributed by atoms with Crippen LogP contribution in [0.4, 0.5) is 5.69 Å². The number of hydrogen-bond acceptors (Lipinski definition) is 7. The molecule has 0 fully saturated rings. The van der Waals surface area contributed by atoms with Gasteiger partial charge in [-0.15, -0.1) is 10.2 Å². The average molecular weight is 365 g/mol. The molecule has 1 amide bonds. The molecule has 26 heavy (non-hydrogen) atoms. The summed E-state index contributed by atoms with van der Waals surface area (Å²) in [6.45, 7) is 0.338. The van der Waals surface area contributed by atoms with Crippen LogP contribution < -0.4 is 4.90 Å². The van der Waals surface area contributed by atoms with Crippen LogP contribution in [0.25, 0.3) is 11.5 Å². The van der Waals surface area contributed by atoms with Gasteiger partial charge in [0.05, 0.1) is 23.8 Å². The molecule has 0 saturated heterocycles. The molecule has 2 heterocycles. The summed E-state index contributed by atoms with van der Waals surface area (Å²) in [7, 11) is 0. The fourth-order valence-electron chi connectivity index (χ4n) is 2.24. The van der Waals surface area contributed by atoms with Crippen LogP contribution >= 0.6 is 11.8 Å². The highest BCUT2D eigenvalue weighted by atomic mass is 32.2. The summed E-state index contributed by atoms with van der Waals surface area (Å²) >= 11 is 1.17. The van der Waals surface area contributed by atoms with E-state index in [1.54, 1.807) is 23.4 Å². The van der Waals surface area contributed by atoms with Crippen LogP contribution in [0.3, 0.4) is 0 Å². The Morgan fingerprint density at radius 3 is 2.77 bits per heavy atom. The Labute approximate surface area is 154 Å². The van der Waals surface area contributed by atoms with Crippen molar-refractivity contribution >= 4 is 23.4 Å². The van der Waals surface area contributed by atoms with E-state index in [4.69, 9.17) is 9.68 Å². The molecule has 0 unspecified atom stereocenters. The zero-order valence-electron chi connectivity index (χ0n) is 13.8. The Kier molecular flexibility index (Phi) is 5.96. The molecule has 0 radical (unpaired) electrons. The Hall–Kier alpha value is -3.18. The number of thioether (sulfide) groups is 1. The molecule has 0 aliphatic carbocycles. The van der Waals surface area contributed by atoms with Crippen molar-refractivity contribution in [2.75, 3.05) is 17.2 Å². The minimum atomic E-state index is -0.127. The summed E-state index contributed by atoms with van der Waals surface area (Å²) in [5, 5.41) is 17.1. The number of pyridine rings is 1. The number of aromatic nitrogens is 3. The van der Waals surface area contributed by atoms with Gasteiger partial charge >= 0.3 is 0 Å². The van der Waals surface area contributed by atoms with Crippen molar-refractivity contribution in [3.05, 3.63) is 54.9 Å². The molecule has 0 aliphatic heterocycles. The lowest BCUT2D eigenvalue weighted by molar-refractivity contribution is -0.116.